The first-order valence-electron chi connectivity index (χ1n) is 14.2. The molecule has 0 atom stereocenters. The van der Waals surface area contributed by atoms with Crippen molar-refractivity contribution in [3.63, 3.8) is 0 Å². The summed E-state index contributed by atoms with van der Waals surface area (Å²) in [6, 6.07) is 14.8. The Labute approximate surface area is 232 Å². The highest BCUT2D eigenvalue weighted by molar-refractivity contribution is 6.05. The molecule has 1 aromatic heterocycles. The number of amides is 2. The second-order valence-electron chi connectivity index (χ2n) is 10.2. The number of unbranched alkanes of at least 4 members (excludes halogenated alkanes) is 5. The normalized spacial score (nSPS) is 11.0. The molecule has 39 heavy (non-hydrogen) atoms. The van der Waals surface area contributed by atoms with Crippen LogP contribution in [0.2, 0.25) is 0 Å². The van der Waals surface area contributed by atoms with Gasteiger partial charge in [-0.1, -0.05) is 50.8 Å². The maximum absolute atomic E-state index is 13.4. The number of hydrogen-bond acceptors (Lipinski definition) is 4. The third-order valence-corrected chi connectivity index (χ3v) is 7.27. The summed E-state index contributed by atoms with van der Waals surface area (Å²) < 4.78 is 7.11. The van der Waals surface area contributed by atoms with E-state index in [-0.39, 0.29) is 24.1 Å². The van der Waals surface area contributed by atoms with E-state index in [9.17, 15) is 14.4 Å². The van der Waals surface area contributed by atoms with Gasteiger partial charge in [-0.3, -0.25) is 19.0 Å². The Bertz CT molecular complexity index is 1250. The van der Waals surface area contributed by atoms with Crippen molar-refractivity contribution in [2.75, 3.05) is 27.2 Å². The van der Waals surface area contributed by atoms with E-state index in [0.717, 1.165) is 73.7 Å². The van der Waals surface area contributed by atoms with E-state index in [1.54, 1.807) is 23.8 Å². The second-order valence-corrected chi connectivity index (χ2v) is 10.2. The van der Waals surface area contributed by atoms with E-state index >= 15 is 0 Å². The molecule has 0 radical (unpaired) electrons. The molecule has 2 amide bonds. The molecule has 0 spiro atoms. The van der Waals surface area contributed by atoms with E-state index in [1.807, 2.05) is 55.3 Å². The highest BCUT2D eigenvalue weighted by atomic mass is 16.5. The minimum atomic E-state index is -0.121. The summed E-state index contributed by atoms with van der Waals surface area (Å²) in [6.07, 6.45) is 7.86. The van der Waals surface area contributed by atoms with Crippen LogP contribution >= 0.6 is 0 Å². The van der Waals surface area contributed by atoms with Crippen LogP contribution in [0, 0.1) is 6.92 Å². The molecular weight excluding hydrogens is 490 g/mol. The molecular formula is C32H43N3O4. The van der Waals surface area contributed by atoms with Gasteiger partial charge in [-0.2, -0.15) is 0 Å². The lowest BCUT2D eigenvalue weighted by Crippen LogP contribution is -2.27. The quantitative estimate of drug-likeness (QED) is 0.247. The predicted octanol–water partition coefficient (Wildman–Crippen LogP) is 5.90. The van der Waals surface area contributed by atoms with Crippen molar-refractivity contribution < 1.29 is 19.1 Å². The van der Waals surface area contributed by atoms with Gasteiger partial charge in [0.15, 0.2) is 0 Å². The van der Waals surface area contributed by atoms with Gasteiger partial charge in [-0.25, -0.2) is 0 Å². The van der Waals surface area contributed by atoms with Crippen molar-refractivity contribution in [3.05, 3.63) is 65.4 Å². The van der Waals surface area contributed by atoms with Gasteiger partial charge in [0.05, 0.1) is 19.0 Å². The average Bonchev–Trinajstić information content (AvgIpc) is 3.22. The molecule has 0 saturated heterocycles. The molecule has 3 rings (SSSR count). The van der Waals surface area contributed by atoms with Gasteiger partial charge in [0.1, 0.15) is 5.75 Å². The van der Waals surface area contributed by atoms with Crippen molar-refractivity contribution in [1.29, 1.82) is 0 Å². The summed E-state index contributed by atoms with van der Waals surface area (Å²) in [5.41, 5.74) is 2.95. The zero-order valence-electron chi connectivity index (χ0n) is 23.9. The van der Waals surface area contributed by atoms with E-state index < -0.39 is 0 Å². The van der Waals surface area contributed by atoms with E-state index in [2.05, 4.69) is 12.2 Å². The smallest absolute Gasteiger partial charge is 0.262 e. The van der Waals surface area contributed by atoms with Crippen molar-refractivity contribution in [3.8, 4) is 5.75 Å². The minimum Gasteiger partial charge on any atom is -0.497 e. The average molecular weight is 534 g/mol. The first-order valence-corrected chi connectivity index (χ1v) is 14.2. The number of ether oxygens (including phenoxy) is 1. The van der Waals surface area contributed by atoms with Crippen molar-refractivity contribution in [2.24, 2.45) is 0 Å². The van der Waals surface area contributed by atoms with Crippen LogP contribution in [-0.2, 0) is 16.0 Å². The lowest BCUT2D eigenvalue weighted by atomic mass is 10.1. The van der Waals surface area contributed by atoms with Gasteiger partial charge >= 0.3 is 0 Å². The SMILES string of the molecule is CCCCN(C)C(=O)CCCCCCCNC(=O)Cc1c(C)n(C(=O)c2ccccc2)c2ccc(OC)cc12. The summed E-state index contributed by atoms with van der Waals surface area (Å²) in [7, 11) is 3.49. The Kier molecular flexibility index (Phi) is 11.6. The number of nitrogens with zero attached hydrogens (tertiary/aromatic N) is 2. The van der Waals surface area contributed by atoms with Gasteiger partial charge < -0.3 is 15.0 Å². The van der Waals surface area contributed by atoms with Gasteiger partial charge in [0, 0.05) is 43.2 Å². The molecule has 0 unspecified atom stereocenters. The number of aromatic nitrogens is 1. The van der Waals surface area contributed by atoms with Crippen LogP contribution in [-0.4, -0.2) is 54.4 Å². The number of rotatable bonds is 15. The van der Waals surface area contributed by atoms with Crippen LogP contribution in [0.3, 0.4) is 0 Å². The maximum Gasteiger partial charge on any atom is 0.262 e. The fourth-order valence-corrected chi connectivity index (χ4v) is 4.88. The first-order chi connectivity index (χ1) is 18.9. The van der Waals surface area contributed by atoms with Crippen LogP contribution in [0.4, 0.5) is 0 Å². The lowest BCUT2D eigenvalue weighted by molar-refractivity contribution is -0.130. The highest BCUT2D eigenvalue weighted by Gasteiger charge is 2.22. The number of carbonyl (C=O) groups excluding carboxylic acids is 3. The highest BCUT2D eigenvalue weighted by Crippen LogP contribution is 2.30. The number of methoxy groups -OCH3 is 1. The molecule has 210 valence electrons. The third-order valence-electron chi connectivity index (χ3n) is 7.27. The standard InChI is InChI=1S/C32H43N3O4/c1-5-6-21-34(3)31(37)17-13-8-7-9-14-20-33-30(36)23-27-24(2)35(32(38)25-15-11-10-12-16-25)29-19-18-26(39-4)22-28(27)29/h10-12,15-16,18-19,22H,5-9,13-14,17,20-21,23H2,1-4H3,(H,33,36). The molecule has 0 fully saturated rings. The monoisotopic (exact) mass is 533 g/mol. The minimum absolute atomic E-state index is 0.0622. The molecule has 7 heteroatoms. The molecule has 3 aromatic rings. The molecule has 0 bridgehead atoms. The Balaban J connectivity index is 1.52. The molecule has 1 N–H and O–H groups in total. The molecule has 1 heterocycles. The summed E-state index contributed by atoms with van der Waals surface area (Å²) in [5, 5.41) is 3.89. The predicted molar refractivity (Wildman–Crippen MR) is 156 cm³/mol. The number of benzene rings is 2. The van der Waals surface area contributed by atoms with Crippen molar-refractivity contribution in [2.45, 2.75) is 71.6 Å². The molecule has 0 aliphatic carbocycles. The summed E-state index contributed by atoms with van der Waals surface area (Å²) in [5.74, 6) is 0.732. The summed E-state index contributed by atoms with van der Waals surface area (Å²) in [4.78, 5) is 40.2. The fourth-order valence-electron chi connectivity index (χ4n) is 4.88. The largest absolute Gasteiger partial charge is 0.497 e. The summed E-state index contributed by atoms with van der Waals surface area (Å²) in [6.45, 7) is 5.47. The Morgan fingerprint density at radius 1 is 0.949 bits per heavy atom. The molecule has 0 aliphatic rings. The van der Waals surface area contributed by atoms with Crippen LogP contribution in [0.25, 0.3) is 10.9 Å². The summed E-state index contributed by atoms with van der Waals surface area (Å²) >= 11 is 0. The van der Waals surface area contributed by atoms with Gasteiger partial charge in [-0.05, 0) is 62.1 Å². The van der Waals surface area contributed by atoms with Crippen LogP contribution in [0.1, 0.15) is 79.9 Å². The molecule has 2 aromatic carbocycles. The van der Waals surface area contributed by atoms with Gasteiger partial charge in [0.25, 0.3) is 5.91 Å². The first kappa shape index (κ1) is 29.9. The Hall–Kier alpha value is -3.61. The third kappa shape index (κ3) is 8.19. The molecule has 7 nitrogen and oxygen atoms in total. The second kappa shape index (κ2) is 15.1. The van der Waals surface area contributed by atoms with E-state index in [4.69, 9.17) is 4.74 Å². The molecule has 0 saturated carbocycles. The topological polar surface area (TPSA) is 80.6 Å². The maximum atomic E-state index is 13.4. The van der Waals surface area contributed by atoms with Crippen molar-refractivity contribution in [1.82, 2.24) is 14.8 Å². The number of hydrogen-bond donors (Lipinski definition) is 1. The number of carbonyl (C=O) groups is 3. The van der Waals surface area contributed by atoms with Crippen molar-refractivity contribution >= 4 is 28.6 Å². The van der Waals surface area contributed by atoms with Gasteiger partial charge in [0.2, 0.25) is 11.8 Å². The fraction of sp³-hybridized carbons (Fsp3) is 0.469. The van der Waals surface area contributed by atoms with Crippen LogP contribution in [0.15, 0.2) is 48.5 Å². The van der Waals surface area contributed by atoms with Crippen LogP contribution in [0.5, 0.6) is 5.75 Å². The number of fused-ring (bicyclic) bond motifs is 1. The van der Waals surface area contributed by atoms with Crippen LogP contribution < -0.4 is 10.1 Å². The lowest BCUT2D eigenvalue weighted by Gasteiger charge is -2.16. The Morgan fingerprint density at radius 2 is 1.67 bits per heavy atom. The van der Waals surface area contributed by atoms with Gasteiger partial charge in [-0.15, -0.1) is 0 Å². The number of nitrogens with one attached hydrogen (secondary N) is 1. The zero-order chi connectivity index (χ0) is 28.2. The zero-order valence-corrected chi connectivity index (χ0v) is 23.9. The molecule has 0 aliphatic heterocycles. The van der Waals surface area contributed by atoms with E-state index in [1.165, 1.54) is 0 Å². The Morgan fingerprint density at radius 3 is 2.38 bits per heavy atom. The van der Waals surface area contributed by atoms with E-state index in [0.29, 0.717) is 24.3 Å².